The van der Waals surface area contributed by atoms with Crippen molar-refractivity contribution >= 4 is 28.3 Å². The van der Waals surface area contributed by atoms with Gasteiger partial charge in [0.05, 0.1) is 16.2 Å². The molecule has 36 heavy (non-hydrogen) atoms. The number of pyridine rings is 1. The highest BCUT2D eigenvalue weighted by atomic mass is 32.2. The van der Waals surface area contributed by atoms with Crippen molar-refractivity contribution in [2.24, 2.45) is 11.4 Å². The maximum absolute atomic E-state index is 12.7. The van der Waals surface area contributed by atoms with Gasteiger partial charge in [-0.2, -0.15) is 9.46 Å². The summed E-state index contributed by atoms with van der Waals surface area (Å²) in [6, 6.07) is 17.2. The number of nitrogens with one attached hydrogen (secondary N) is 1. The molecule has 0 aliphatic rings. The van der Waals surface area contributed by atoms with Crippen molar-refractivity contribution in [3.05, 3.63) is 101 Å². The first kappa shape index (κ1) is 24.6. The fourth-order valence-corrected chi connectivity index (χ4v) is 4.46. The molecule has 0 spiro atoms. The van der Waals surface area contributed by atoms with Crippen LogP contribution >= 0.6 is 0 Å². The van der Waals surface area contributed by atoms with Gasteiger partial charge in [0.1, 0.15) is 11.6 Å². The number of aromatic hydroxyl groups is 1. The normalized spacial score (nSPS) is 11.4. The molecular weight excluding hydrogens is 474 g/mol. The van der Waals surface area contributed by atoms with Crippen molar-refractivity contribution in [2.75, 3.05) is 11.6 Å². The van der Waals surface area contributed by atoms with Gasteiger partial charge in [0.2, 0.25) is 0 Å². The third kappa shape index (κ3) is 5.92. The van der Waals surface area contributed by atoms with Crippen LogP contribution in [0.2, 0.25) is 0 Å². The summed E-state index contributed by atoms with van der Waals surface area (Å²) in [4.78, 5) is 30.1. The van der Waals surface area contributed by atoms with Crippen molar-refractivity contribution in [1.82, 2.24) is 14.8 Å². The van der Waals surface area contributed by atoms with E-state index in [2.05, 4.69) is 31.6 Å². The van der Waals surface area contributed by atoms with Gasteiger partial charge in [-0.1, -0.05) is 40.7 Å². The molecule has 1 unspecified atom stereocenters. The van der Waals surface area contributed by atoms with Crippen LogP contribution in [0.4, 0.5) is 5.82 Å². The molecule has 2 heterocycles. The standard InChI is InChI=1S/C27H23N5O3S/c1-18-13-25(32(2)30-18)29-26(34)21-8-6-7-19(14-21)11-12-20-15-22(17-28-16-20)27(35)31-36(3)24-10-5-4-9-23(24)33/h4-10,13-17,33H,1-3H3,(H,29,34). The molecule has 2 N–H and O–H groups in total. The first-order chi connectivity index (χ1) is 17.3. The van der Waals surface area contributed by atoms with Gasteiger partial charge in [-0.15, -0.1) is 0 Å². The second kappa shape index (κ2) is 10.8. The number of hydrogen-bond donors (Lipinski definition) is 2. The van der Waals surface area contributed by atoms with Gasteiger partial charge in [0, 0.05) is 42.2 Å². The Hall–Kier alpha value is -4.55. The number of carbonyl (C=O) groups excluding carboxylic acids is 2. The number of nitrogens with zero attached hydrogens (tertiary/aromatic N) is 4. The van der Waals surface area contributed by atoms with Crippen LogP contribution in [-0.2, 0) is 17.7 Å². The molecule has 4 rings (SSSR count). The average molecular weight is 498 g/mol. The van der Waals surface area contributed by atoms with Gasteiger partial charge in [0.15, 0.2) is 0 Å². The molecular formula is C27H23N5O3S. The molecule has 4 aromatic rings. The number of benzene rings is 2. The summed E-state index contributed by atoms with van der Waals surface area (Å²) in [6.45, 7) is 1.85. The second-order valence-electron chi connectivity index (χ2n) is 7.88. The van der Waals surface area contributed by atoms with Gasteiger partial charge in [-0.05, 0) is 49.6 Å². The highest BCUT2D eigenvalue weighted by molar-refractivity contribution is 7.87. The zero-order chi connectivity index (χ0) is 25.7. The lowest BCUT2D eigenvalue weighted by atomic mass is 10.1. The van der Waals surface area contributed by atoms with E-state index >= 15 is 0 Å². The highest BCUT2D eigenvalue weighted by Crippen LogP contribution is 2.20. The number of hydrogen-bond acceptors (Lipinski definition) is 5. The summed E-state index contributed by atoms with van der Waals surface area (Å²) in [5, 5.41) is 17.1. The average Bonchev–Trinajstić information content (AvgIpc) is 3.19. The maximum atomic E-state index is 12.7. The van der Waals surface area contributed by atoms with E-state index < -0.39 is 16.6 Å². The lowest BCUT2D eigenvalue weighted by molar-refractivity contribution is 0.100. The van der Waals surface area contributed by atoms with Crippen molar-refractivity contribution in [2.45, 2.75) is 11.8 Å². The number of rotatable bonds is 4. The van der Waals surface area contributed by atoms with Crippen molar-refractivity contribution in [3.8, 4) is 17.6 Å². The number of aryl methyl sites for hydroxylation is 2. The number of para-hydroxylation sites is 1. The molecule has 0 fully saturated rings. The molecule has 2 aromatic carbocycles. The van der Waals surface area contributed by atoms with Crippen LogP contribution in [0.5, 0.6) is 5.75 Å². The van der Waals surface area contributed by atoms with E-state index in [1.54, 1.807) is 84.8 Å². The van der Waals surface area contributed by atoms with E-state index in [9.17, 15) is 14.7 Å². The molecule has 0 saturated heterocycles. The number of amides is 2. The van der Waals surface area contributed by atoms with Crippen LogP contribution in [0, 0.1) is 18.8 Å². The Balaban J connectivity index is 1.51. The Morgan fingerprint density at radius 1 is 1.00 bits per heavy atom. The SMILES string of the molecule is Cc1cc(NC(=O)c2cccc(C#Cc3cncc(C(=O)N=S(C)c4ccccc4O)c3)c2)n(C)n1. The predicted octanol–water partition coefficient (Wildman–Crippen LogP) is 4.11. The molecule has 0 bridgehead atoms. The number of aromatic nitrogens is 3. The zero-order valence-corrected chi connectivity index (χ0v) is 20.7. The van der Waals surface area contributed by atoms with E-state index in [0.29, 0.717) is 33.0 Å². The summed E-state index contributed by atoms with van der Waals surface area (Å²) in [5.74, 6) is 6.00. The fourth-order valence-electron chi connectivity index (χ4n) is 3.36. The van der Waals surface area contributed by atoms with Crippen molar-refractivity contribution in [3.63, 3.8) is 0 Å². The molecule has 1 atom stereocenters. The van der Waals surface area contributed by atoms with E-state index in [0.717, 1.165) is 5.69 Å². The quantitative estimate of drug-likeness (QED) is 0.413. The van der Waals surface area contributed by atoms with Crippen LogP contribution in [-0.4, -0.2) is 37.9 Å². The van der Waals surface area contributed by atoms with E-state index in [1.807, 2.05) is 6.92 Å². The minimum Gasteiger partial charge on any atom is -0.507 e. The van der Waals surface area contributed by atoms with Crippen molar-refractivity contribution < 1.29 is 14.7 Å². The third-order valence-corrected chi connectivity index (χ3v) is 6.53. The van der Waals surface area contributed by atoms with Crippen LogP contribution in [0.25, 0.3) is 0 Å². The number of carbonyl (C=O) groups is 2. The van der Waals surface area contributed by atoms with Gasteiger partial charge >= 0.3 is 0 Å². The Morgan fingerprint density at radius 3 is 2.50 bits per heavy atom. The number of phenols is 1. The fraction of sp³-hybridized carbons (Fsp3) is 0.111. The molecule has 2 amide bonds. The maximum Gasteiger partial charge on any atom is 0.284 e. The van der Waals surface area contributed by atoms with Crippen LogP contribution < -0.4 is 5.32 Å². The van der Waals surface area contributed by atoms with Crippen LogP contribution in [0.3, 0.4) is 0 Å². The Labute approximate surface area is 211 Å². The lowest BCUT2D eigenvalue weighted by Crippen LogP contribution is -2.14. The highest BCUT2D eigenvalue weighted by Gasteiger charge is 2.11. The summed E-state index contributed by atoms with van der Waals surface area (Å²) in [5.41, 5.74) is 2.74. The molecule has 9 heteroatoms. The molecule has 0 radical (unpaired) electrons. The molecule has 8 nitrogen and oxygen atoms in total. The first-order valence-corrected chi connectivity index (χ1v) is 12.5. The Morgan fingerprint density at radius 2 is 1.75 bits per heavy atom. The molecule has 180 valence electrons. The zero-order valence-electron chi connectivity index (χ0n) is 19.9. The Kier molecular flexibility index (Phi) is 7.37. The molecule has 0 aliphatic carbocycles. The summed E-state index contributed by atoms with van der Waals surface area (Å²) >= 11 is 0. The first-order valence-electron chi connectivity index (χ1n) is 10.9. The van der Waals surface area contributed by atoms with E-state index in [-0.39, 0.29) is 11.7 Å². The summed E-state index contributed by atoms with van der Waals surface area (Å²) < 4.78 is 5.81. The van der Waals surface area contributed by atoms with Gasteiger partial charge < -0.3 is 10.4 Å². The topological polar surface area (TPSA) is 109 Å². The van der Waals surface area contributed by atoms with Crippen LogP contribution in [0.1, 0.15) is 37.5 Å². The minimum absolute atomic E-state index is 0.101. The van der Waals surface area contributed by atoms with Gasteiger partial charge in [-0.25, -0.2) is 0 Å². The lowest BCUT2D eigenvalue weighted by Gasteiger charge is -2.05. The number of phenolic OH excluding ortho intramolecular Hbond substituents is 1. The molecule has 0 saturated carbocycles. The van der Waals surface area contributed by atoms with Gasteiger partial charge in [-0.3, -0.25) is 19.3 Å². The minimum atomic E-state index is -0.820. The summed E-state index contributed by atoms with van der Waals surface area (Å²) in [7, 11) is 0.942. The van der Waals surface area contributed by atoms with E-state index in [1.165, 1.54) is 6.20 Å². The van der Waals surface area contributed by atoms with Gasteiger partial charge in [0.25, 0.3) is 11.8 Å². The van der Waals surface area contributed by atoms with Crippen molar-refractivity contribution in [1.29, 1.82) is 0 Å². The smallest absolute Gasteiger partial charge is 0.284 e. The van der Waals surface area contributed by atoms with Crippen LogP contribution in [0.15, 0.2) is 82.3 Å². The Bertz CT molecular complexity index is 1560. The monoisotopic (exact) mass is 497 g/mol. The second-order valence-corrected chi connectivity index (χ2v) is 9.46. The third-order valence-electron chi connectivity index (χ3n) is 5.11. The largest absolute Gasteiger partial charge is 0.507 e. The molecule has 0 aliphatic heterocycles. The van der Waals surface area contributed by atoms with E-state index in [4.69, 9.17) is 0 Å². The predicted molar refractivity (Wildman–Crippen MR) is 139 cm³/mol. The number of anilines is 1. The molecule has 2 aromatic heterocycles. The summed E-state index contributed by atoms with van der Waals surface area (Å²) in [6.07, 6.45) is 4.76.